The summed E-state index contributed by atoms with van der Waals surface area (Å²) in [5, 5.41) is 0.603. The maximum absolute atomic E-state index is 12.2. The molecule has 0 radical (unpaired) electrons. The summed E-state index contributed by atoms with van der Waals surface area (Å²) in [6.45, 7) is 3.59. The molecule has 6 heteroatoms. The molecule has 1 atom stereocenters. The van der Waals surface area contributed by atoms with Gasteiger partial charge in [0.2, 0.25) is 5.91 Å². The highest BCUT2D eigenvalue weighted by molar-refractivity contribution is 5.77. The summed E-state index contributed by atoms with van der Waals surface area (Å²) in [6.07, 6.45) is 1.52. The lowest BCUT2D eigenvalue weighted by Gasteiger charge is -2.34. The Bertz CT molecular complexity index is 747. The van der Waals surface area contributed by atoms with Crippen LogP contribution in [0.2, 0.25) is 0 Å². The minimum Gasteiger partial charge on any atom is -0.369 e. The zero-order valence-corrected chi connectivity index (χ0v) is 12.6. The first-order chi connectivity index (χ1) is 10.6. The van der Waals surface area contributed by atoms with Gasteiger partial charge in [0.05, 0.1) is 16.9 Å². The van der Waals surface area contributed by atoms with Crippen molar-refractivity contribution in [1.29, 1.82) is 0 Å². The maximum atomic E-state index is 12.2. The molecule has 3 N–H and O–H groups in total. The molecule has 2 aromatic rings. The van der Waals surface area contributed by atoms with Crippen LogP contribution in [0.1, 0.15) is 31.6 Å². The molecule has 1 aromatic heterocycles. The molecule has 1 saturated heterocycles. The molecular formula is C16H20N4O2. The molecule has 0 bridgehead atoms. The van der Waals surface area contributed by atoms with Crippen molar-refractivity contribution in [2.45, 2.75) is 25.8 Å². The minimum atomic E-state index is -0.218. The smallest absolute Gasteiger partial charge is 0.258 e. The molecule has 1 aromatic carbocycles. The largest absolute Gasteiger partial charge is 0.369 e. The van der Waals surface area contributed by atoms with Gasteiger partial charge in [0.1, 0.15) is 5.82 Å². The molecule has 1 aliphatic heterocycles. The lowest BCUT2D eigenvalue weighted by atomic mass is 9.95. The van der Waals surface area contributed by atoms with Crippen molar-refractivity contribution in [2.75, 3.05) is 13.1 Å². The Kier molecular flexibility index (Phi) is 3.94. The molecule has 1 amide bonds. The summed E-state index contributed by atoms with van der Waals surface area (Å²) in [5.41, 5.74) is 5.96. The number of hydrogen-bond donors (Lipinski definition) is 2. The summed E-state index contributed by atoms with van der Waals surface area (Å²) in [5.74, 6) is 0.415. The van der Waals surface area contributed by atoms with Gasteiger partial charge in [-0.15, -0.1) is 0 Å². The molecule has 22 heavy (non-hydrogen) atoms. The molecule has 1 aliphatic rings. The van der Waals surface area contributed by atoms with Crippen LogP contribution >= 0.6 is 0 Å². The van der Waals surface area contributed by atoms with E-state index in [0.717, 1.165) is 25.9 Å². The molecule has 1 fully saturated rings. The van der Waals surface area contributed by atoms with E-state index in [-0.39, 0.29) is 23.4 Å². The Hall–Kier alpha value is -2.21. The Morgan fingerprint density at radius 3 is 2.73 bits per heavy atom. The summed E-state index contributed by atoms with van der Waals surface area (Å²) in [7, 11) is 0. The zero-order chi connectivity index (χ0) is 15.7. The number of nitrogens with zero attached hydrogens (tertiary/aromatic N) is 2. The first-order valence-electron chi connectivity index (χ1n) is 7.58. The number of para-hydroxylation sites is 1. The summed E-state index contributed by atoms with van der Waals surface area (Å²) in [6, 6.07) is 7.33. The van der Waals surface area contributed by atoms with E-state index in [2.05, 4.69) is 14.9 Å². The number of rotatable bonds is 3. The van der Waals surface area contributed by atoms with Crippen LogP contribution in [0.5, 0.6) is 0 Å². The fourth-order valence-corrected chi connectivity index (χ4v) is 3.05. The van der Waals surface area contributed by atoms with Crippen LogP contribution in [0.25, 0.3) is 10.9 Å². The highest BCUT2D eigenvalue weighted by Crippen LogP contribution is 2.24. The molecule has 0 spiro atoms. The van der Waals surface area contributed by atoms with Gasteiger partial charge < -0.3 is 10.7 Å². The first-order valence-corrected chi connectivity index (χ1v) is 7.58. The van der Waals surface area contributed by atoms with E-state index in [1.807, 2.05) is 25.1 Å². The molecule has 0 saturated carbocycles. The van der Waals surface area contributed by atoms with Crippen LogP contribution in [-0.4, -0.2) is 33.9 Å². The number of piperidine rings is 1. The number of carbonyl (C=O) groups is 1. The van der Waals surface area contributed by atoms with Crippen LogP contribution in [0, 0.1) is 5.92 Å². The molecule has 6 nitrogen and oxygen atoms in total. The fourth-order valence-electron chi connectivity index (χ4n) is 3.05. The van der Waals surface area contributed by atoms with E-state index in [0.29, 0.717) is 16.7 Å². The van der Waals surface area contributed by atoms with Gasteiger partial charge in [0, 0.05) is 5.92 Å². The third kappa shape index (κ3) is 2.74. The Morgan fingerprint density at radius 1 is 1.36 bits per heavy atom. The first kappa shape index (κ1) is 14.7. The van der Waals surface area contributed by atoms with Crippen molar-refractivity contribution < 1.29 is 4.79 Å². The predicted octanol–water partition coefficient (Wildman–Crippen LogP) is 1.18. The number of fused-ring (bicyclic) bond motifs is 1. The van der Waals surface area contributed by atoms with Gasteiger partial charge in [-0.3, -0.25) is 14.5 Å². The van der Waals surface area contributed by atoms with E-state index >= 15 is 0 Å². The number of amides is 1. The average Bonchev–Trinajstić information content (AvgIpc) is 2.54. The van der Waals surface area contributed by atoms with E-state index in [1.54, 1.807) is 6.07 Å². The van der Waals surface area contributed by atoms with Crippen molar-refractivity contribution in [3.05, 3.63) is 40.4 Å². The second-order valence-electron chi connectivity index (χ2n) is 5.86. The van der Waals surface area contributed by atoms with E-state index < -0.39 is 0 Å². The zero-order valence-electron chi connectivity index (χ0n) is 12.6. The standard InChI is InChI=1S/C16H20N4O2/c1-10(20-8-6-11(7-9-20)14(17)21)15-18-13-5-3-2-4-12(13)16(22)19-15/h2-5,10-11H,6-9H2,1H3,(H2,17,21)(H,18,19,22). The summed E-state index contributed by atoms with van der Waals surface area (Å²) in [4.78, 5) is 33.1. The number of hydrogen-bond acceptors (Lipinski definition) is 4. The number of nitrogens with one attached hydrogen (secondary N) is 1. The van der Waals surface area contributed by atoms with Crippen molar-refractivity contribution in [3.8, 4) is 0 Å². The molecule has 1 unspecified atom stereocenters. The number of carbonyl (C=O) groups excluding carboxylic acids is 1. The van der Waals surface area contributed by atoms with Gasteiger partial charge in [0.25, 0.3) is 5.56 Å². The highest BCUT2D eigenvalue weighted by Gasteiger charge is 2.27. The topological polar surface area (TPSA) is 92.1 Å². The maximum Gasteiger partial charge on any atom is 0.258 e. The lowest BCUT2D eigenvalue weighted by molar-refractivity contribution is -0.123. The van der Waals surface area contributed by atoms with Crippen LogP contribution in [0.4, 0.5) is 0 Å². The average molecular weight is 300 g/mol. The number of nitrogens with two attached hydrogens (primary N) is 1. The van der Waals surface area contributed by atoms with E-state index in [4.69, 9.17) is 5.73 Å². The van der Waals surface area contributed by atoms with Gasteiger partial charge in [-0.2, -0.15) is 0 Å². The molecule has 0 aliphatic carbocycles. The van der Waals surface area contributed by atoms with Crippen molar-refractivity contribution in [2.24, 2.45) is 11.7 Å². The second-order valence-corrected chi connectivity index (χ2v) is 5.86. The Morgan fingerprint density at radius 2 is 2.05 bits per heavy atom. The monoisotopic (exact) mass is 300 g/mol. The second kappa shape index (κ2) is 5.88. The van der Waals surface area contributed by atoms with Gasteiger partial charge in [-0.25, -0.2) is 4.98 Å². The lowest BCUT2D eigenvalue weighted by Crippen LogP contribution is -2.40. The summed E-state index contributed by atoms with van der Waals surface area (Å²) < 4.78 is 0. The van der Waals surface area contributed by atoms with E-state index in [9.17, 15) is 9.59 Å². The van der Waals surface area contributed by atoms with Gasteiger partial charge in [-0.05, 0) is 45.0 Å². The Labute approximate surface area is 128 Å². The SMILES string of the molecule is CC(c1nc2ccccc2c(=O)[nH]1)N1CCC(C(N)=O)CC1. The third-order valence-electron chi connectivity index (χ3n) is 4.51. The third-order valence-corrected chi connectivity index (χ3v) is 4.51. The van der Waals surface area contributed by atoms with E-state index in [1.165, 1.54) is 0 Å². The number of benzene rings is 1. The van der Waals surface area contributed by atoms with Crippen molar-refractivity contribution >= 4 is 16.8 Å². The molecule has 116 valence electrons. The van der Waals surface area contributed by atoms with Crippen molar-refractivity contribution in [3.63, 3.8) is 0 Å². The molecular weight excluding hydrogens is 280 g/mol. The van der Waals surface area contributed by atoms with Crippen LogP contribution in [0.3, 0.4) is 0 Å². The van der Waals surface area contributed by atoms with Crippen LogP contribution in [0.15, 0.2) is 29.1 Å². The number of primary amides is 1. The van der Waals surface area contributed by atoms with Gasteiger partial charge in [0.15, 0.2) is 0 Å². The van der Waals surface area contributed by atoms with Crippen LogP contribution < -0.4 is 11.3 Å². The quantitative estimate of drug-likeness (QED) is 0.890. The molecule has 2 heterocycles. The van der Waals surface area contributed by atoms with Gasteiger partial charge >= 0.3 is 0 Å². The normalized spacial score (nSPS) is 18.4. The number of H-pyrrole nitrogens is 1. The number of aromatic nitrogens is 2. The molecule has 3 rings (SSSR count). The minimum absolute atomic E-state index is 0.00568. The number of likely N-dealkylation sites (tertiary alicyclic amines) is 1. The van der Waals surface area contributed by atoms with Crippen molar-refractivity contribution in [1.82, 2.24) is 14.9 Å². The Balaban J connectivity index is 1.82. The number of aromatic amines is 1. The fraction of sp³-hybridized carbons (Fsp3) is 0.438. The van der Waals surface area contributed by atoms with Crippen LogP contribution in [-0.2, 0) is 4.79 Å². The predicted molar refractivity (Wildman–Crippen MR) is 84.3 cm³/mol. The highest BCUT2D eigenvalue weighted by atomic mass is 16.1. The van der Waals surface area contributed by atoms with Gasteiger partial charge in [-0.1, -0.05) is 12.1 Å². The summed E-state index contributed by atoms with van der Waals surface area (Å²) >= 11 is 0.